The Kier molecular flexibility index (Phi) is 4.28. The Morgan fingerprint density at radius 2 is 1.92 bits per heavy atom. The molecule has 0 saturated carbocycles. The average Bonchev–Trinajstić information content (AvgIpc) is 3.02. The third-order valence-electron chi connectivity index (χ3n) is 4.56. The molecule has 25 heavy (non-hydrogen) atoms. The van der Waals surface area contributed by atoms with E-state index in [1.807, 2.05) is 19.1 Å². The zero-order valence-corrected chi connectivity index (χ0v) is 15.5. The highest BCUT2D eigenvalue weighted by molar-refractivity contribution is 7.92. The lowest BCUT2D eigenvalue weighted by atomic mass is 10.1. The van der Waals surface area contributed by atoms with Gasteiger partial charge in [-0.1, -0.05) is 6.92 Å². The molecule has 0 saturated heterocycles. The number of nitrogens with zero attached hydrogens (tertiary/aromatic N) is 3. The molecule has 3 rings (SSSR count). The SMILES string of the molecule is CCC(C)S(=O)(=O)c1cnc2ccc(-c3cc(C)c(=O)n(C)c3)cn12. The van der Waals surface area contributed by atoms with Crippen LogP contribution in [0.1, 0.15) is 25.8 Å². The number of rotatable bonds is 4. The molecule has 0 aliphatic carbocycles. The second-order valence-corrected chi connectivity index (χ2v) is 8.65. The summed E-state index contributed by atoms with van der Waals surface area (Å²) in [6, 6.07) is 5.47. The van der Waals surface area contributed by atoms with Crippen molar-refractivity contribution in [2.45, 2.75) is 37.5 Å². The van der Waals surface area contributed by atoms with Gasteiger partial charge in [0.05, 0.1) is 11.4 Å². The van der Waals surface area contributed by atoms with Crippen LogP contribution in [0.4, 0.5) is 0 Å². The van der Waals surface area contributed by atoms with E-state index in [0.29, 0.717) is 17.6 Å². The minimum Gasteiger partial charge on any atom is -0.318 e. The van der Waals surface area contributed by atoms with Crippen LogP contribution in [-0.2, 0) is 16.9 Å². The summed E-state index contributed by atoms with van der Waals surface area (Å²) in [5.74, 6) is 0. The van der Waals surface area contributed by atoms with Gasteiger partial charge in [0, 0.05) is 25.0 Å². The summed E-state index contributed by atoms with van der Waals surface area (Å²) < 4.78 is 28.6. The molecule has 3 aromatic rings. The van der Waals surface area contributed by atoms with Crippen LogP contribution in [0.3, 0.4) is 0 Å². The van der Waals surface area contributed by atoms with Crippen molar-refractivity contribution in [2.24, 2.45) is 7.05 Å². The summed E-state index contributed by atoms with van der Waals surface area (Å²) in [5, 5.41) is -0.281. The van der Waals surface area contributed by atoms with Gasteiger partial charge in [-0.15, -0.1) is 0 Å². The maximum atomic E-state index is 12.7. The maximum absolute atomic E-state index is 12.7. The van der Waals surface area contributed by atoms with Crippen LogP contribution in [0.5, 0.6) is 0 Å². The molecule has 0 aliphatic heterocycles. The molecule has 132 valence electrons. The fraction of sp³-hybridized carbons (Fsp3) is 0.333. The Labute approximate surface area is 146 Å². The average molecular weight is 359 g/mol. The third kappa shape index (κ3) is 2.89. The second-order valence-electron chi connectivity index (χ2n) is 6.33. The van der Waals surface area contributed by atoms with Gasteiger partial charge in [0.1, 0.15) is 5.65 Å². The Hall–Kier alpha value is -2.41. The molecule has 0 amide bonds. The van der Waals surface area contributed by atoms with Gasteiger partial charge in [0.2, 0.25) is 0 Å². The van der Waals surface area contributed by atoms with Crippen molar-refractivity contribution in [1.82, 2.24) is 14.0 Å². The van der Waals surface area contributed by atoms with Gasteiger partial charge >= 0.3 is 0 Å². The van der Waals surface area contributed by atoms with Gasteiger partial charge in [-0.3, -0.25) is 9.20 Å². The van der Waals surface area contributed by atoms with E-state index in [1.165, 1.54) is 10.8 Å². The van der Waals surface area contributed by atoms with E-state index in [2.05, 4.69) is 4.98 Å². The minimum absolute atomic E-state index is 0.0486. The lowest BCUT2D eigenvalue weighted by molar-refractivity contribution is 0.576. The number of imidazole rings is 1. The highest BCUT2D eigenvalue weighted by Gasteiger charge is 2.25. The van der Waals surface area contributed by atoms with Crippen LogP contribution >= 0.6 is 0 Å². The lowest BCUT2D eigenvalue weighted by Crippen LogP contribution is -2.19. The number of aryl methyl sites for hydroxylation is 2. The number of aromatic nitrogens is 3. The second kappa shape index (κ2) is 6.15. The maximum Gasteiger partial charge on any atom is 0.253 e. The normalized spacial score (nSPS) is 13.3. The molecule has 0 spiro atoms. The van der Waals surface area contributed by atoms with Crippen molar-refractivity contribution < 1.29 is 8.42 Å². The number of hydrogen-bond donors (Lipinski definition) is 0. The Morgan fingerprint density at radius 3 is 2.56 bits per heavy atom. The van der Waals surface area contributed by atoms with Crippen molar-refractivity contribution in [1.29, 1.82) is 0 Å². The highest BCUT2D eigenvalue weighted by Crippen LogP contribution is 2.24. The highest BCUT2D eigenvalue weighted by atomic mass is 32.2. The molecule has 0 bridgehead atoms. The van der Waals surface area contributed by atoms with Crippen LogP contribution in [-0.4, -0.2) is 27.6 Å². The first-order valence-corrected chi connectivity index (χ1v) is 9.69. The van der Waals surface area contributed by atoms with E-state index in [1.54, 1.807) is 43.8 Å². The molecule has 3 aromatic heterocycles. The van der Waals surface area contributed by atoms with Gasteiger partial charge in [-0.25, -0.2) is 13.4 Å². The van der Waals surface area contributed by atoms with Gasteiger partial charge < -0.3 is 4.57 Å². The largest absolute Gasteiger partial charge is 0.318 e. The van der Waals surface area contributed by atoms with E-state index in [9.17, 15) is 13.2 Å². The third-order valence-corrected chi connectivity index (χ3v) is 6.84. The fourth-order valence-electron chi connectivity index (χ4n) is 2.80. The first-order valence-electron chi connectivity index (χ1n) is 8.14. The topological polar surface area (TPSA) is 73.4 Å². The molecule has 0 fully saturated rings. The van der Waals surface area contributed by atoms with Crippen LogP contribution in [0.25, 0.3) is 16.8 Å². The predicted molar refractivity (Wildman–Crippen MR) is 97.5 cm³/mol. The smallest absolute Gasteiger partial charge is 0.253 e. The van der Waals surface area contributed by atoms with Crippen molar-refractivity contribution in [3.05, 3.63) is 52.7 Å². The van der Waals surface area contributed by atoms with Crippen molar-refractivity contribution in [3.8, 4) is 11.1 Å². The molecule has 1 unspecified atom stereocenters. The van der Waals surface area contributed by atoms with Crippen LogP contribution in [0.15, 0.2) is 46.6 Å². The summed E-state index contributed by atoms with van der Waals surface area (Å²) in [5.41, 5.74) is 2.84. The summed E-state index contributed by atoms with van der Waals surface area (Å²) in [6.07, 6.45) is 5.45. The molecule has 3 heterocycles. The molecular formula is C18H21N3O3S. The molecule has 0 radical (unpaired) electrons. The molecule has 0 aliphatic rings. The molecule has 1 atom stereocenters. The predicted octanol–water partition coefficient (Wildman–Crippen LogP) is 2.58. The zero-order valence-electron chi connectivity index (χ0n) is 14.7. The van der Waals surface area contributed by atoms with Crippen LogP contribution in [0, 0.1) is 6.92 Å². The molecular weight excluding hydrogens is 338 g/mol. The van der Waals surface area contributed by atoms with Gasteiger partial charge in [-0.2, -0.15) is 0 Å². The standard InChI is InChI=1S/C18H21N3O3S/c1-5-13(3)25(23,24)17-9-19-16-7-6-14(11-21(16)17)15-8-12(2)18(22)20(4)10-15/h6-11,13H,5H2,1-4H3. The molecule has 7 heteroatoms. The number of fused-ring (bicyclic) bond motifs is 1. The van der Waals surface area contributed by atoms with E-state index >= 15 is 0 Å². The number of pyridine rings is 2. The van der Waals surface area contributed by atoms with Crippen LogP contribution < -0.4 is 5.56 Å². The molecule has 6 nitrogen and oxygen atoms in total. The van der Waals surface area contributed by atoms with Crippen molar-refractivity contribution in [2.75, 3.05) is 0 Å². The zero-order chi connectivity index (χ0) is 18.4. The van der Waals surface area contributed by atoms with Crippen molar-refractivity contribution in [3.63, 3.8) is 0 Å². The summed E-state index contributed by atoms with van der Waals surface area (Å²) in [6.45, 7) is 5.32. The summed E-state index contributed by atoms with van der Waals surface area (Å²) >= 11 is 0. The Bertz CT molecular complexity index is 1080. The van der Waals surface area contributed by atoms with E-state index < -0.39 is 15.1 Å². The Balaban J connectivity index is 2.21. The first kappa shape index (κ1) is 17.4. The van der Waals surface area contributed by atoms with Crippen molar-refractivity contribution >= 4 is 15.5 Å². The van der Waals surface area contributed by atoms with Gasteiger partial charge in [0.25, 0.3) is 5.56 Å². The van der Waals surface area contributed by atoms with E-state index in [-0.39, 0.29) is 10.6 Å². The monoisotopic (exact) mass is 359 g/mol. The first-order chi connectivity index (χ1) is 11.8. The summed E-state index contributed by atoms with van der Waals surface area (Å²) in [4.78, 5) is 16.1. The lowest BCUT2D eigenvalue weighted by Gasteiger charge is -2.11. The van der Waals surface area contributed by atoms with Crippen LogP contribution in [0.2, 0.25) is 0 Å². The number of sulfone groups is 1. The van der Waals surface area contributed by atoms with E-state index in [4.69, 9.17) is 0 Å². The summed E-state index contributed by atoms with van der Waals surface area (Å²) in [7, 11) is -1.75. The minimum atomic E-state index is -3.45. The van der Waals surface area contributed by atoms with Gasteiger partial charge in [0.15, 0.2) is 14.9 Å². The van der Waals surface area contributed by atoms with E-state index in [0.717, 1.165) is 11.1 Å². The Morgan fingerprint density at radius 1 is 1.20 bits per heavy atom. The number of hydrogen-bond acceptors (Lipinski definition) is 4. The quantitative estimate of drug-likeness (QED) is 0.718. The fourth-order valence-corrected chi connectivity index (χ4v) is 4.27. The van der Waals surface area contributed by atoms with Gasteiger partial charge in [-0.05, 0) is 49.6 Å². The molecule has 0 aromatic carbocycles. The molecule has 0 N–H and O–H groups in total.